The minimum atomic E-state index is -0.469. The molecule has 0 aliphatic carbocycles. The van der Waals surface area contributed by atoms with Crippen molar-refractivity contribution in [3.8, 4) is 11.9 Å². The van der Waals surface area contributed by atoms with E-state index in [0.29, 0.717) is 22.5 Å². The Bertz CT molecular complexity index is 622. The summed E-state index contributed by atoms with van der Waals surface area (Å²) >= 11 is 0. The molecule has 0 unspecified atom stereocenters. The van der Waals surface area contributed by atoms with E-state index in [9.17, 15) is 4.79 Å². The Kier molecular flexibility index (Phi) is 2.71. The van der Waals surface area contributed by atoms with Gasteiger partial charge in [0.2, 0.25) is 0 Å². The highest BCUT2D eigenvalue weighted by atomic mass is 16.5. The van der Waals surface area contributed by atoms with Crippen LogP contribution in [0.15, 0.2) is 18.2 Å². The van der Waals surface area contributed by atoms with Crippen LogP contribution in [0.1, 0.15) is 15.9 Å². The molecule has 1 heterocycles. The zero-order valence-electron chi connectivity index (χ0n) is 9.40. The SMILES string of the molecule is COC(=O)c1cc(C#N)c2[nH]c(OC)cc2c1. The van der Waals surface area contributed by atoms with E-state index < -0.39 is 5.97 Å². The molecule has 0 aliphatic rings. The molecule has 0 radical (unpaired) electrons. The quantitative estimate of drug-likeness (QED) is 0.798. The van der Waals surface area contributed by atoms with Crippen molar-refractivity contribution in [3.63, 3.8) is 0 Å². The highest BCUT2D eigenvalue weighted by Crippen LogP contribution is 2.25. The summed E-state index contributed by atoms with van der Waals surface area (Å²) in [5, 5.41) is 9.77. The van der Waals surface area contributed by atoms with Gasteiger partial charge in [-0.2, -0.15) is 5.26 Å². The topological polar surface area (TPSA) is 75.1 Å². The first kappa shape index (κ1) is 11.0. The fourth-order valence-electron chi connectivity index (χ4n) is 1.65. The Morgan fingerprint density at radius 1 is 1.35 bits per heavy atom. The third-order valence-electron chi connectivity index (χ3n) is 2.47. The molecule has 0 saturated heterocycles. The Hall–Kier alpha value is -2.48. The van der Waals surface area contributed by atoms with Crippen LogP contribution in [0.3, 0.4) is 0 Å². The number of hydrogen-bond donors (Lipinski definition) is 1. The van der Waals surface area contributed by atoms with E-state index in [-0.39, 0.29) is 0 Å². The number of nitrogens with zero attached hydrogens (tertiary/aromatic N) is 1. The van der Waals surface area contributed by atoms with Gasteiger partial charge in [0.25, 0.3) is 0 Å². The number of rotatable bonds is 2. The van der Waals surface area contributed by atoms with Gasteiger partial charge in [-0.3, -0.25) is 0 Å². The van der Waals surface area contributed by atoms with Gasteiger partial charge in [0.1, 0.15) is 6.07 Å². The number of methoxy groups -OCH3 is 2. The minimum absolute atomic E-state index is 0.346. The van der Waals surface area contributed by atoms with Crippen molar-refractivity contribution in [1.29, 1.82) is 5.26 Å². The van der Waals surface area contributed by atoms with Crippen molar-refractivity contribution < 1.29 is 14.3 Å². The highest BCUT2D eigenvalue weighted by Gasteiger charge is 2.12. The van der Waals surface area contributed by atoms with Crippen molar-refractivity contribution in [2.24, 2.45) is 0 Å². The predicted octanol–water partition coefficient (Wildman–Crippen LogP) is 1.83. The molecule has 2 aromatic rings. The minimum Gasteiger partial charge on any atom is -0.482 e. The maximum atomic E-state index is 11.4. The average Bonchev–Trinajstić information content (AvgIpc) is 2.79. The molecular weight excluding hydrogens is 220 g/mol. The van der Waals surface area contributed by atoms with E-state index in [1.165, 1.54) is 20.3 Å². The lowest BCUT2D eigenvalue weighted by atomic mass is 10.1. The van der Waals surface area contributed by atoms with Crippen LogP contribution in [0.4, 0.5) is 0 Å². The third kappa shape index (κ3) is 1.81. The summed E-state index contributed by atoms with van der Waals surface area (Å²) < 4.78 is 9.67. The molecule has 17 heavy (non-hydrogen) atoms. The number of fused-ring (bicyclic) bond motifs is 1. The number of esters is 1. The molecule has 0 atom stereocenters. The summed E-state index contributed by atoms with van der Waals surface area (Å²) in [5.41, 5.74) is 1.38. The number of H-pyrrole nitrogens is 1. The van der Waals surface area contributed by atoms with Gasteiger partial charge < -0.3 is 14.5 Å². The van der Waals surface area contributed by atoms with E-state index in [1.54, 1.807) is 12.1 Å². The van der Waals surface area contributed by atoms with Gasteiger partial charge in [0.05, 0.1) is 30.9 Å². The normalized spacial score (nSPS) is 9.94. The van der Waals surface area contributed by atoms with Crippen LogP contribution in [0.2, 0.25) is 0 Å². The first-order chi connectivity index (χ1) is 8.19. The van der Waals surface area contributed by atoms with Gasteiger partial charge in [0.15, 0.2) is 5.88 Å². The van der Waals surface area contributed by atoms with Crippen LogP contribution in [0.5, 0.6) is 5.88 Å². The smallest absolute Gasteiger partial charge is 0.337 e. The Morgan fingerprint density at radius 2 is 2.12 bits per heavy atom. The lowest BCUT2D eigenvalue weighted by Crippen LogP contribution is -2.01. The van der Waals surface area contributed by atoms with Gasteiger partial charge in [0, 0.05) is 11.5 Å². The maximum Gasteiger partial charge on any atom is 0.337 e. The molecule has 1 aromatic heterocycles. The van der Waals surface area contributed by atoms with Gasteiger partial charge in [-0.05, 0) is 12.1 Å². The van der Waals surface area contributed by atoms with Crippen LogP contribution >= 0.6 is 0 Å². The van der Waals surface area contributed by atoms with Crippen molar-refractivity contribution in [2.75, 3.05) is 14.2 Å². The second kappa shape index (κ2) is 4.18. The highest BCUT2D eigenvalue weighted by molar-refractivity contribution is 5.97. The molecule has 1 N–H and O–H groups in total. The molecule has 0 aliphatic heterocycles. The van der Waals surface area contributed by atoms with Crippen molar-refractivity contribution in [1.82, 2.24) is 4.98 Å². The maximum absolute atomic E-state index is 11.4. The number of aromatic nitrogens is 1. The number of nitriles is 1. The number of carbonyl (C=O) groups is 1. The summed E-state index contributed by atoms with van der Waals surface area (Å²) in [5.74, 6) is 0.0714. The van der Waals surface area contributed by atoms with Crippen LogP contribution in [0.25, 0.3) is 10.9 Å². The van der Waals surface area contributed by atoms with Crippen molar-refractivity contribution in [3.05, 3.63) is 29.3 Å². The third-order valence-corrected chi connectivity index (χ3v) is 2.47. The zero-order valence-corrected chi connectivity index (χ0v) is 9.40. The van der Waals surface area contributed by atoms with Crippen LogP contribution in [0, 0.1) is 11.3 Å². The van der Waals surface area contributed by atoms with E-state index in [4.69, 9.17) is 10.00 Å². The van der Waals surface area contributed by atoms with Crippen molar-refractivity contribution in [2.45, 2.75) is 0 Å². The molecular formula is C12H10N2O3. The van der Waals surface area contributed by atoms with Crippen LogP contribution in [-0.2, 0) is 4.74 Å². The first-order valence-electron chi connectivity index (χ1n) is 4.88. The molecule has 0 spiro atoms. The Labute approximate surface area is 97.6 Å². The Balaban J connectivity index is 2.69. The number of benzene rings is 1. The van der Waals surface area contributed by atoms with Crippen LogP contribution in [-0.4, -0.2) is 25.2 Å². The predicted molar refractivity (Wildman–Crippen MR) is 60.9 cm³/mol. The molecule has 86 valence electrons. The number of ether oxygens (including phenoxy) is 2. The van der Waals surface area contributed by atoms with E-state index in [0.717, 1.165) is 5.39 Å². The molecule has 2 rings (SSSR count). The molecule has 0 saturated carbocycles. The average molecular weight is 230 g/mol. The van der Waals surface area contributed by atoms with Gasteiger partial charge in [-0.1, -0.05) is 0 Å². The number of nitrogens with one attached hydrogen (secondary N) is 1. The second-order valence-corrected chi connectivity index (χ2v) is 3.43. The van der Waals surface area contributed by atoms with Crippen LogP contribution < -0.4 is 4.74 Å². The fourth-order valence-corrected chi connectivity index (χ4v) is 1.65. The molecule has 0 fully saturated rings. The second-order valence-electron chi connectivity index (χ2n) is 3.43. The zero-order chi connectivity index (χ0) is 12.4. The lowest BCUT2D eigenvalue weighted by molar-refractivity contribution is 0.0601. The molecule has 5 heteroatoms. The molecule has 0 bridgehead atoms. The van der Waals surface area contributed by atoms with E-state index >= 15 is 0 Å². The van der Waals surface area contributed by atoms with Gasteiger partial charge in [-0.15, -0.1) is 0 Å². The molecule has 0 amide bonds. The summed E-state index contributed by atoms with van der Waals surface area (Å²) in [4.78, 5) is 14.4. The number of hydrogen-bond acceptors (Lipinski definition) is 4. The number of aromatic amines is 1. The van der Waals surface area contributed by atoms with Gasteiger partial charge >= 0.3 is 5.97 Å². The van der Waals surface area contributed by atoms with Gasteiger partial charge in [-0.25, -0.2) is 4.79 Å². The molecule has 1 aromatic carbocycles. The summed E-state index contributed by atoms with van der Waals surface area (Å²) in [6.45, 7) is 0. The van der Waals surface area contributed by atoms with Crippen molar-refractivity contribution >= 4 is 16.9 Å². The standard InChI is InChI=1S/C12H10N2O3/c1-16-10-5-7-3-8(12(15)17-2)4-9(6-13)11(7)14-10/h3-5,14H,1-2H3. The summed E-state index contributed by atoms with van der Waals surface area (Å²) in [6, 6.07) is 6.90. The summed E-state index contributed by atoms with van der Waals surface area (Å²) in [6.07, 6.45) is 0. The number of carbonyl (C=O) groups excluding carboxylic acids is 1. The van der Waals surface area contributed by atoms with E-state index in [1.807, 2.05) is 6.07 Å². The molecule has 5 nitrogen and oxygen atoms in total. The fraction of sp³-hybridized carbons (Fsp3) is 0.167. The van der Waals surface area contributed by atoms with E-state index in [2.05, 4.69) is 9.72 Å². The Morgan fingerprint density at radius 3 is 2.71 bits per heavy atom. The summed E-state index contributed by atoms with van der Waals surface area (Å²) in [7, 11) is 2.83. The first-order valence-corrected chi connectivity index (χ1v) is 4.88. The monoisotopic (exact) mass is 230 g/mol. The largest absolute Gasteiger partial charge is 0.482 e. The lowest BCUT2D eigenvalue weighted by Gasteiger charge is -2.00.